The van der Waals surface area contributed by atoms with Gasteiger partial charge in [0.15, 0.2) is 5.78 Å². The average Bonchev–Trinajstić information content (AvgIpc) is 2.38. The van der Waals surface area contributed by atoms with E-state index >= 15 is 0 Å². The lowest BCUT2D eigenvalue weighted by Crippen LogP contribution is -2.34. The van der Waals surface area contributed by atoms with Crippen molar-refractivity contribution in [1.29, 1.82) is 5.26 Å². The maximum atomic E-state index is 12.4. The van der Waals surface area contributed by atoms with Crippen molar-refractivity contribution in [2.24, 2.45) is 29.6 Å². The van der Waals surface area contributed by atoms with Crippen LogP contribution >= 0.6 is 0 Å². The number of nitriles is 1. The van der Waals surface area contributed by atoms with Crippen molar-refractivity contribution in [3.8, 4) is 6.07 Å². The average molecular weight is 247 g/mol. The van der Waals surface area contributed by atoms with Crippen molar-refractivity contribution < 1.29 is 4.79 Å². The Morgan fingerprint density at radius 2 is 1.78 bits per heavy atom. The van der Waals surface area contributed by atoms with Gasteiger partial charge in [-0.05, 0) is 37.0 Å². The van der Waals surface area contributed by atoms with Crippen LogP contribution in [0.2, 0.25) is 0 Å². The fourth-order valence-electron chi connectivity index (χ4n) is 3.93. The minimum Gasteiger partial charge on any atom is -0.298 e. The smallest absolute Gasteiger partial charge is 0.153 e. The Balaban J connectivity index is 1.98. The van der Waals surface area contributed by atoms with Crippen molar-refractivity contribution in [3.05, 3.63) is 0 Å². The summed E-state index contributed by atoms with van der Waals surface area (Å²) in [5, 5.41) is 9.16. The maximum absolute atomic E-state index is 12.4. The molecule has 2 heteroatoms. The first-order valence-electron chi connectivity index (χ1n) is 7.56. The van der Waals surface area contributed by atoms with Gasteiger partial charge in [0.05, 0.1) is 6.07 Å². The quantitative estimate of drug-likeness (QED) is 0.757. The Labute approximate surface area is 111 Å². The molecule has 0 radical (unpaired) electrons. The summed E-state index contributed by atoms with van der Waals surface area (Å²) in [4.78, 5) is 12.4. The number of rotatable bonds is 3. The molecule has 18 heavy (non-hydrogen) atoms. The fraction of sp³-hybridized carbons (Fsp3) is 0.875. The molecule has 0 heterocycles. The van der Waals surface area contributed by atoms with Crippen LogP contribution in [0.15, 0.2) is 0 Å². The van der Waals surface area contributed by atoms with Crippen molar-refractivity contribution in [2.75, 3.05) is 0 Å². The topological polar surface area (TPSA) is 40.9 Å². The van der Waals surface area contributed by atoms with E-state index in [-0.39, 0.29) is 23.5 Å². The van der Waals surface area contributed by atoms with Gasteiger partial charge in [0, 0.05) is 5.92 Å². The third kappa shape index (κ3) is 2.76. The van der Waals surface area contributed by atoms with Gasteiger partial charge in [-0.15, -0.1) is 0 Å². The number of carbonyl (C=O) groups is 1. The molecule has 0 aromatic carbocycles. The van der Waals surface area contributed by atoms with E-state index in [2.05, 4.69) is 6.07 Å². The molecule has 0 aromatic heterocycles. The standard InChI is InChI=1S/C16H25NO/c1-11(2)15(10-17)16(18)14-8-7-12-5-3-4-6-13(12)9-14/h11-15H,3-9H2,1-2H3. The molecule has 4 atom stereocenters. The summed E-state index contributed by atoms with van der Waals surface area (Å²) in [6.07, 6.45) is 8.72. The highest BCUT2D eigenvalue weighted by molar-refractivity contribution is 5.85. The molecular formula is C16H25NO. The number of Topliss-reactive ketones (excluding diaryl/α,β-unsaturated/α-hetero) is 1. The molecule has 0 saturated heterocycles. The fourth-order valence-corrected chi connectivity index (χ4v) is 3.93. The predicted molar refractivity (Wildman–Crippen MR) is 71.7 cm³/mol. The van der Waals surface area contributed by atoms with Gasteiger partial charge in [0.1, 0.15) is 5.92 Å². The Morgan fingerprint density at radius 1 is 1.11 bits per heavy atom. The minimum absolute atomic E-state index is 0.159. The Bertz CT molecular complexity index is 341. The molecule has 2 rings (SSSR count). The molecule has 2 nitrogen and oxygen atoms in total. The van der Waals surface area contributed by atoms with Crippen LogP contribution in [-0.2, 0) is 4.79 Å². The number of hydrogen-bond donors (Lipinski definition) is 0. The second-order valence-corrected chi connectivity index (χ2v) is 6.57. The van der Waals surface area contributed by atoms with E-state index in [0.717, 1.165) is 24.7 Å². The molecule has 0 bridgehead atoms. The molecule has 0 aliphatic heterocycles. The SMILES string of the molecule is CC(C)C(C#N)C(=O)C1CCC2CCCCC2C1. The monoisotopic (exact) mass is 247 g/mol. The molecule has 0 amide bonds. The van der Waals surface area contributed by atoms with E-state index in [1.807, 2.05) is 13.8 Å². The third-order valence-electron chi connectivity index (χ3n) is 5.05. The first kappa shape index (κ1) is 13.6. The van der Waals surface area contributed by atoms with Crippen LogP contribution in [0, 0.1) is 40.9 Å². The Hall–Kier alpha value is -0.840. The van der Waals surface area contributed by atoms with Gasteiger partial charge in [-0.1, -0.05) is 39.5 Å². The van der Waals surface area contributed by atoms with Gasteiger partial charge in [-0.25, -0.2) is 0 Å². The van der Waals surface area contributed by atoms with E-state index in [0.29, 0.717) is 0 Å². The summed E-state index contributed by atoms with van der Waals surface area (Å²) in [6.45, 7) is 3.97. The molecule has 0 spiro atoms. The lowest BCUT2D eigenvalue weighted by Gasteiger charge is -2.39. The van der Waals surface area contributed by atoms with E-state index in [1.54, 1.807) is 0 Å². The molecule has 2 aliphatic carbocycles. The minimum atomic E-state index is -0.379. The van der Waals surface area contributed by atoms with Crippen molar-refractivity contribution in [1.82, 2.24) is 0 Å². The van der Waals surface area contributed by atoms with Crippen LogP contribution in [0.5, 0.6) is 0 Å². The maximum Gasteiger partial charge on any atom is 0.153 e. The van der Waals surface area contributed by atoms with Gasteiger partial charge in [0.2, 0.25) is 0 Å². The number of nitrogens with zero attached hydrogens (tertiary/aromatic N) is 1. The number of carbonyl (C=O) groups excluding carboxylic acids is 1. The first-order chi connectivity index (χ1) is 8.63. The molecule has 4 unspecified atom stereocenters. The number of ketones is 1. The van der Waals surface area contributed by atoms with Crippen LogP contribution in [0.3, 0.4) is 0 Å². The van der Waals surface area contributed by atoms with E-state index in [4.69, 9.17) is 5.26 Å². The molecule has 100 valence electrons. The Morgan fingerprint density at radius 3 is 2.39 bits per heavy atom. The summed E-state index contributed by atoms with van der Waals surface area (Å²) in [5.74, 6) is 1.84. The zero-order valence-corrected chi connectivity index (χ0v) is 11.7. The molecule has 0 N–H and O–H groups in total. The van der Waals surface area contributed by atoms with Crippen LogP contribution in [0.4, 0.5) is 0 Å². The largest absolute Gasteiger partial charge is 0.298 e. The number of hydrogen-bond acceptors (Lipinski definition) is 2. The van der Waals surface area contributed by atoms with Crippen LogP contribution < -0.4 is 0 Å². The highest BCUT2D eigenvalue weighted by Crippen LogP contribution is 2.43. The van der Waals surface area contributed by atoms with E-state index in [1.165, 1.54) is 32.1 Å². The van der Waals surface area contributed by atoms with Crippen LogP contribution in [-0.4, -0.2) is 5.78 Å². The van der Waals surface area contributed by atoms with Crippen molar-refractivity contribution in [3.63, 3.8) is 0 Å². The number of fused-ring (bicyclic) bond motifs is 1. The van der Waals surface area contributed by atoms with Crippen LogP contribution in [0.1, 0.15) is 58.8 Å². The molecule has 2 saturated carbocycles. The second-order valence-electron chi connectivity index (χ2n) is 6.57. The van der Waals surface area contributed by atoms with Crippen molar-refractivity contribution in [2.45, 2.75) is 58.8 Å². The van der Waals surface area contributed by atoms with Gasteiger partial charge in [-0.2, -0.15) is 5.26 Å². The highest BCUT2D eigenvalue weighted by atomic mass is 16.1. The van der Waals surface area contributed by atoms with Gasteiger partial charge >= 0.3 is 0 Å². The Kier molecular flexibility index (Phi) is 4.43. The van der Waals surface area contributed by atoms with E-state index < -0.39 is 0 Å². The highest BCUT2D eigenvalue weighted by Gasteiger charge is 2.37. The molecule has 0 aromatic rings. The molecular weight excluding hydrogens is 222 g/mol. The van der Waals surface area contributed by atoms with Crippen molar-refractivity contribution >= 4 is 5.78 Å². The first-order valence-corrected chi connectivity index (χ1v) is 7.56. The zero-order chi connectivity index (χ0) is 13.1. The zero-order valence-electron chi connectivity index (χ0n) is 11.7. The van der Waals surface area contributed by atoms with Gasteiger partial charge in [0.25, 0.3) is 0 Å². The second kappa shape index (κ2) is 5.87. The summed E-state index contributed by atoms with van der Waals surface area (Å²) >= 11 is 0. The normalized spacial score (nSPS) is 33.6. The lowest BCUT2D eigenvalue weighted by molar-refractivity contribution is -0.128. The van der Waals surface area contributed by atoms with Gasteiger partial charge in [-0.3, -0.25) is 4.79 Å². The van der Waals surface area contributed by atoms with Crippen LogP contribution in [0.25, 0.3) is 0 Å². The summed E-state index contributed by atoms with van der Waals surface area (Å²) in [5.41, 5.74) is 0. The molecule has 2 aliphatic rings. The van der Waals surface area contributed by atoms with Gasteiger partial charge < -0.3 is 0 Å². The predicted octanol–water partition coefficient (Wildman–Crippen LogP) is 3.96. The van der Waals surface area contributed by atoms with E-state index in [9.17, 15) is 4.79 Å². The third-order valence-corrected chi connectivity index (χ3v) is 5.05. The molecule has 2 fully saturated rings. The summed E-state index contributed by atoms with van der Waals surface area (Å²) in [7, 11) is 0. The lowest BCUT2D eigenvalue weighted by atomic mass is 9.65. The summed E-state index contributed by atoms with van der Waals surface area (Å²) < 4.78 is 0. The summed E-state index contributed by atoms with van der Waals surface area (Å²) in [6, 6.07) is 2.22.